The number of primary sulfonamides is 1. The van der Waals surface area contributed by atoms with E-state index in [0.717, 1.165) is 0 Å². The van der Waals surface area contributed by atoms with Crippen molar-refractivity contribution in [1.82, 2.24) is 4.90 Å². The third kappa shape index (κ3) is 4.17. The Kier molecular flexibility index (Phi) is 4.55. The number of ether oxygens (including phenoxy) is 1. The van der Waals surface area contributed by atoms with Crippen molar-refractivity contribution in [1.29, 1.82) is 0 Å². The highest BCUT2D eigenvalue weighted by molar-refractivity contribution is 7.89. The lowest BCUT2D eigenvalue weighted by Crippen LogP contribution is -2.28. The van der Waals surface area contributed by atoms with E-state index in [9.17, 15) is 8.42 Å². The Morgan fingerprint density at radius 1 is 1.39 bits per heavy atom. The van der Waals surface area contributed by atoms with E-state index >= 15 is 0 Å². The Hall–Kier alpha value is -1.31. The molecule has 1 rings (SSSR count). The van der Waals surface area contributed by atoms with Crippen molar-refractivity contribution in [2.45, 2.75) is 17.9 Å². The van der Waals surface area contributed by atoms with Gasteiger partial charge in [-0.1, -0.05) is 0 Å². The van der Waals surface area contributed by atoms with Crippen LogP contribution < -0.4 is 15.6 Å². The summed E-state index contributed by atoms with van der Waals surface area (Å²) in [5.74, 6) is 0.223. The molecule has 102 valence electrons. The van der Waals surface area contributed by atoms with Gasteiger partial charge in [-0.15, -0.1) is 0 Å². The summed E-state index contributed by atoms with van der Waals surface area (Å²) in [4.78, 5) is 1.85. The maximum absolute atomic E-state index is 11.4. The first kappa shape index (κ1) is 14.7. The molecule has 0 spiro atoms. The smallest absolute Gasteiger partial charge is 0.241 e. The van der Waals surface area contributed by atoms with Crippen molar-refractivity contribution in [2.75, 3.05) is 26.4 Å². The quantitative estimate of drug-likeness (QED) is 0.749. The first-order chi connectivity index (χ1) is 8.20. The fourth-order valence-corrected chi connectivity index (χ4v) is 2.31. The molecular weight excluding hydrogens is 254 g/mol. The maximum Gasteiger partial charge on any atom is 0.241 e. The number of hydrogen-bond donors (Lipinski definition) is 2. The molecule has 0 heterocycles. The van der Waals surface area contributed by atoms with E-state index < -0.39 is 10.0 Å². The predicted molar refractivity (Wildman–Crippen MR) is 70.9 cm³/mol. The second-order valence-corrected chi connectivity index (χ2v) is 5.97. The SMILES string of the molecule is CC(CN(C)C)Oc1ccc(N)cc1S(N)(=O)=O. The van der Waals surface area contributed by atoms with Crippen molar-refractivity contribution in [3.63, 3.8) is 0 Å². The number of anilines is 1. The first-order valence-electron chi connectivity index (χ1n) is 5.44. The van der Waals surface area contributed by atoms with Crippen LogP contribution in [-0.4, -0.2) is 40.1 Å². The number of nitrogens with two attached hydrogens (primary N) is 2. The second-order valence-electron chi connectivity index (χ2n) is 4.44. The number of sulfonamides is 1. The minimum atomic E-state index is -3.85. The van der Waals surface area contributed by atoms with Crippen molar-refractivity contribution in [2.24, 2.45) is 5.14 Å². The normalized spacial score (nSPS) is 13.6. The van der Waals surface area contributed by atoms with Gasteiger partial charge in [0.2, 0.25) is 10.0 Å². The average molecular weight is 273 g/mol. The molecule has 0 aliphatic carbocycles. The predicted octanol–water partition coefficient (Wildman–Crippen LogP) is 0.245. The molecule has 7 heteroatoms. The van der Waals surface area contributed by atoms with Crippen LogP contribution in [0.1, 0.15) is 6.92 Å². The van der Waals surface area contributed by atoms with Gasteiger partial charge in [0.15, 0.2) is 0 Å². The number of benzene rings is 1. The van der Waals surface area contributed by atoms with E-state index in [4.69, 9.17) is 15.6 Å². The molecule has 0 saturated heterocycles. The molecule has 18 heavy (non-hydrogen) atoms. The Balaban J connectivity index is 3.02. The van der Waals surface area contributed by atoms with Crippen molar-refractivity contribution in [3.05, 3.63) is 18.2 Å². The Labute approximate surface area is 108 Å². The number of likely N-dealkylation sites (N-methyl/N-ethyl adjacent to an activating group) is 1. The number of nitrogens with zero attached hydrogens (tertiary/aromatic N) is 1. The van der Waals surface area contributed by atoms with E-state index in [1.807, 2.05) is 25.9 Å². The molecule has 0 aliphatic rings. The zero-order chi connectivity index (χ0) is 13.9. The summed E-state index contributed by atoms with van der Waals surface area (Å²) in [6.45, 7) is 2.51. The molecule has 1 aromatic rings. The third-order valence-electron chi connectivity index (χ3n) is 2.22. The highest BCUT2D eigenvalue weighted by Gasteiger charge is 2.17. The van der Waals surface area contributed by atoms with Gasteiger partial charge < -0.3 is 15.4 Å². The van der Waals surface area contributed by atoms with E-state index in [1.54, 1.807) is 6.07 Å². The van der Waals surface area contributed by atoms with Crippen LogP contribution in [0.15, 0.2) is 23.1 Å². The van der Waals surface area contributed by atoms with Gasteiger partial charge in [0.05, 0.1) is 0 Å². The van der Waals surface area contributed by atoms with Gasteiger partial charge >= 0.3 is 0 Å². The average Bonchev–Trinajstić information content (AvgIpc) is 2.17. The molecule has 1 unspecified atom stereocenters. The van der Waals surface area contributed by atoms with E-state index in [0.29, 0.717) is 12.2 Å². The minimum Gasteiger partial charge on any atom is -0.488 e. The summed E-state index contributed by atoms with van der Waals surface area (Å²) < 4.78 is 28.5. The molecule has 1 aromatic carbocycles. The van der Waals surface area contributed by atoms with Gasteiger partial charge in [-0.3, -0.25) is 0 Å². The lowest BCUT2D eigenvalue weighted by atomic mass is 10.3. The standard InChI is InChI=1S/C11H19N3O3S/c1-8(7-14(2)3)17-10-5-4-9(12)6-11(10)18(13,15)16/h4-6,8H,7,12H2,1-3H3,(H2,13,15,16). The summed E-state index contributed by atoms with van der Waals surface area (Å²) >= 11 is 0. The van der Waals surface area contributed by atoms with Gasteiger partial charge in [-0.25, -0.2) is 13.6 Å². The lowest BCUT2D eigenvalue weighted by molar-refractivity contribution is 0.173. The number of rotatable bonds is 5. The van der Waals surface area contributed by atoms with Gasteiger partial charge in [0.1, 0.15) is 16.7 Å². The highest BCUT2D eigenvalue weighted by atomic mass is 32.2. The van der Waals surface area contributed by atoms with Crippen LogP contribution in [-0.2, 0) is 10.0 Å². The van der Waals surface area contributed by atoms with Gasteiger partial charge in [-0.2, -0.15) is 0 Å². The molecule has 0 aliphatic heterocycles. The minimum absolute atomic E-state index is 0.0897. The highest BCUT2D eigenvalue weighted by Crippen LogP contribution is 2.26. The summed E-state index contributed by atoms with van der Waals surface area (Å²) in [6, 6.07) is 4.39. The van der Waals surface area contributed by atoms with Crippen molar-refractivity contribution < 1.29 is 13.2 Å². The Morgan fingerprint density at radius 2 is 2.00 bits per heavy atom. The van der Waals surface area contributed by atoms with Crippen LogP contribution in [0.4, 0.5) is 5.69 Å². The molecule has 0 radical (unpaired) electrons. The van der Waals surface area contributed by atoms with Crippen LogP contribution in [0, 0.1) is 0 Å². The van der Waals surface area contributed by atoms with Crippen LogP contribution in [0.25, 0.3) is 0 Å². The molecular formula is C11H19N3O3S. The first-order valence-corrected chi connectivity index (χ1v) is 6.98. The largest absolute Gasteiger partial charge is 0.488 e. The van der Waals surface area contributed by atoms with Crippen LogP contribution in [0.3, 0.4) is 0 Å². The molecule has 0 amide bonds. The van der Waals surface area contributed by atoms with Crippen molar-refractivity contribution >= 4 is 15.7 Å². The number of hydrogen-bond acceptors (Lipinski definition) is 5. The fraction of sp³-hybridized carbons (Fsp3) is 0.455. The van der Waals surface area contributed by atoms with E-state index in [2.05, 4.69) is 0 Å². The van der Waals surface area contributed by atoms with E-state index in [1.165, 1.54) is 12.1 Å². The molecule has 6 nitrogen and oxygen atoms in total. The second kappa shape index (κ2) is 5.55. The van der Waals surface area contributed by atoms with Crippen molar-refractivity contribution in [3.8, 4) is 5.75 Å². The monoisotopic (exact) mass is 273 g/mol. The molecule has 0 aromatic heterocycles. The van der Waals surface area contributed by atoms with Crippen LogP contribution >= 0.6 is 0 Å². The zero-order valence-corrected chi connectivity index (χ0v) is 11.6. The van der Waals surface area contributed by atoms with Crippen LogP contribution in [0.2, 0.25) is 0 Å². The lowest BCUT2D eigenvalue weighted by Gasteiger charge is -2.20. The van der Waals surface area contributed by atoms with Gasteiger partial charge in [-0.05, 0) is 39.2 Å². The third-order valence-corrected chi connectivity index (χ3v) is 3.16. The summed E-state index contributed by atoms with van der Waals surface area (Å²) in [5, 5.41) is 5.13. The zero-order valence-electron chi connectivity index (χ0n) is 10.8. The Bertz CT molecular complexity index is 514. The van der Waals surface area contributed by atoms with Gasteiger partial charge in [0.25, 0.3) is 0 Å². The molecule has 0 saturated carbocycles. The topological polar surface area (TPSA) is 98.7 Å². The van der Waals surface area contributed by atoms with Crippen LogP contribution in [0.5, 0.6) is 5.75 Å². The molecule has 1 atom stereocenters. The molecule has 0 bridgehead atoms. The number of nitrogen functional groups attached to an aromatic ring is 1. The maximum atomic E-state index is 11.4. The van der Waals surface area contributed by atoms with E-state index in [-0.39, 0.29) is 16.7 Å². The summed E-state index contributed by atoms with van der Waals surface area (Å²) in [6.07, 6.45) is -0.163. The summed E-state index contributed by atoms with van der Waals surface area (Å²) in [7, 11) is -0.0363. The fourth-order valence-electron chi connectivity index (χ4n) is 1.61. The molecule has 4 N–H and O–H groups in total. The summed E-state index contributed by atoms with van der Waals surface area (Å²) in [5.41, 5.74) is 5.88. The molecule has 0 fully saturated rings. The van der Waals surface area contributed by atoms with Gasteiger partial charge in [0, 0.05) is 12.2 Å². The Morgan fingerprint density at radius 3 is 2.50 bits per heavy atom.